The Bertz CT molecular complexity index is 479. The number of benzene rings is 1. The maximum absolute atomic E-state index is 13.8. The molecule has 0 saturated carbocycles. The zero-order valence-corrected chi connectivity index (χ0v) is 14.5. The monoisotopic (exact) mass is 350 g/mol. The first-order chi connectivity index (χ1) is 9.63. The Hall–Kier alpha value is -0.810. The maximum Gasteiger partial charge on any atom is 0.165 e. The lowest BCUT2D eigenvalue weighted by Gasteiger charge is -2.35. The lowest BCUT2D eigenvalue weighted by Crippen LogP contribution is -2.45. The Balaban J connectivity index is 0.00000220. The second-order valence-electron chi connectivity index (χ2n) is 5.35. The van der Waals surface area contributed by atoms with Crippen LogP contribution in [0.5, 0.6) is 5.75 Å². The van der Waals surface area contributed by atoms with Gasteiger partial charge in [-0.25, -0.2) is 4.39 Å². The highest BCUT2D eigenvalue weighted by Gasteiger charge is 2.25. The number of allylic oxidation sites excluding steroid dienone is 1. The fourth-order valence-electron chi connectivity index (χ4n) is 2.82. The Kier molecular flexibility index (Phi) is 9.69. The van der Waals surface area contributed by atoms with Gasteiger partial charge in [0.1, 0.15) is 0 Å². The van der Waals surface area contributed by atoms with E-state index < -0.39 is 5.82 Å². The summed E-state index contributed by atoms with van der Waals surface area (Å²) in [5.74, 6) is -0.734. The van der Waals surface area contributed by atoms with Crippen LogP contribution in [-0.4, -0.2) is 36.2 Å². The lowest BCUT2D eigenvalue weighted by molar-refractivity contribution is 0.163. The number of halogens is 3. The molecule has 1 atom stereocenters. The molecule has 0 spiro atoms. The first kappa shape index (κ1) is 21.2. The summed E-state index contributed by atoms with van der Waals surface area (Å²) < 4.78 is 13.8. The lowest BCUT2D eigenvalue weighted by atomic mass is 9.96. The molecule has 0 bridgehead atoms. The van der Waals surface area contributed by atoms with Crippen molar-refractivity contribution in [1.82, 2.24) is 10.2 Å². The van der Waals surface area contributed by atoms with Gasteiger partial charge in [-0.15, -0.1) is 31.4 Å². The second kappa shape index (κ2) is 10.1. The predicted octanol–water partition coefficient (Wildman–Crippen LogP) is 3.60. The summed E-state index contributed by atoms with van der Waals surface area (Å²) in [6, 6.07) is 3.32. The minimum Gasteiger partial charge on any atom is -0.505 e. The Morgan fingerprint density at radius 3 is 2.59 bits per heavy atom. The molecular formula is C16H25Cl2FN2O. The Labute approximate surface area is 144 Å². The van der Waals surface area contributed by atoms with Crippen LogP contribution in [0, 0.1) is 12.7 Å². The molecule has 1 fully saturated rings. The zero-order chi connectivity index (χ0) is 14.5. The van der Waals surface area contributed by atoms with E-state index in [1.165, 1.54) is 6.07 Å². The molecule has 1 aliphatic rings. The van der Waals surface area contributed by atoms with Gasteiger partial charge in [0, 0.05) is 37.8 Å². The fraction of sp³-hybridized carbons (Fsp3) is 0.500. The highest BCUT2D eigenvalue weighted by molar-refractivity contribution is 5.85. The summed E-state index contributed by atoms with van der Waals surface area (Å²) in [6.07, 6.45) is 3.57. The maximum atomic E-state index is 13.8. The number of hydrogen-bond acceptors (Lipinski definition) is 3. The van der Waals surface area contributed by atoms with Crippen molar-refractivity contribution in [3.05, 3.63) is 41.7 Å². The molecule has 6 heteroatoms. The predicted molar refractivity (Wildman–Crippen MR) is 93.9 cm³/mol. The van der Waals surface area contributed by atoms with Crippen LogP contribution in [0.3, 0.4) is 0 Å². The summed E-state index contributed by atoms with van der Waals surface area (Å²) in [7, 11) is 0. The number of phenolic OH excluding ortho intramolecular Hbond substituents is 1. The van der Waals surface area contributed by atoms with Gasteiger partial charge >= 0.3 is 0 Å². The zero-order valence-electron chi connectivity index (χ0n) is 12.8. The van der Waals surface area contributed by atoms with Gasteiger partial charge in [-0.2, -0.15) is 0 Å². The quantitative estimate of drug-likeness (QED) is 0.796. The van der Waals surface area contributed by atoms with Gasteiger partial charge in [-0.3, -0.25) is 4.90 Å². The third-order valence-electron chi connectivity index (χ3n) is 3.83. The summed E-state index contributed by atoms with van der Waals surface area (Å²) >= 11 is 0. The third-order valence-corrected chi connectivity index (χ3v) is 3.83. The molecule has 2 rings (SSSR count). The summed E-state index contributed by atoms with van der Waals surface area (Å²) in [5.41, 5.74) is 1.54. The van der Waals surface area contributed by atoms with Gasteiger partial charge in [-0.05, 0) is 31.4 Å². The van der Waals surface area contributed by atoms with Crippen molar-refractivity contribution >= 4 is 24.8 Å². The molecule has 0 radical (unpaired) electrons. The van der Waals surface area contributed by atoms with Crippen LogP contribution < -0.4 is 5.32 Å². The third kappa shape index (κ3) is 5.13. The molecule has 0 aromatic heterocycles. The van der Waals surface area contributed by atoms with Gasteiger partial charge in [-0.1, -0.05) is 12.1 Å². The number of aryl methyl sites for hydroxylation is 1. The van der Waals surface area contributed by atoms with Crippen LogP contribution >= 0.6 is 24.8 Å². The molecule has 0 unspecified atom stereocenters. The van der Waals surface area contributed by atoms with E-state index in [2.05, 4.69) is 16.8 Å². The molecule has 1 heterocycles. The number of hydrogen-bond donors (Lipinski definition) is 2. The van der Waals surface area contributed by atoms with Crippen LogP contribution in [0.1, 0.15) is 30.0 Å². The molecule has 126 valence electrons. The summed E-state index contributed by atoms with van der Waals surface area (Å²) in [5, 5.41) is 13.4. The number of piperazine rings is 1. The van der Waals surface area contributed by atoms with Gasteiger partial charge in [0.05, 0.1) is 0 Å². The number of rotatable bonds is 5. The summed E-state index contributed by atoms with van der Waals surface area (Å²) in [6.45, 7) is 9.30. The average Bonchev–Trinajstić information content (AvgIpc) is 2.45. The van der Waals surface area contributed by atoms with Crippen molar-refractivity contribution < 1.29 is 9.50 Å². The molecule has 0 amide bonds. The van der Waals surface area contributed by atoms with E-state index >= 15 is 0 Å². The van der Waals surface area contributed by atoms with Crippen LogP contribution in [0.2, 0.25) is 0 Å². The van der Waals surface area contributed by atoms with E-state index in [1.54, 1.807) is 0 Å². The highest BCUT2D eigenvalue weighted by atomic mass is 35.5. The largest absolute Gasteiger partial charge is 0.505 e. The molecule has 2 N–H and O–H groups in total. The molecule has 1 aromatic rings. The van der Waals surface area contributed by atoms with Crippen molar-refractivity contribution in [2.45, 2.75) is 25.8 Å². The standard InChI is InChI=1S/C16H23FN2O.2ClH/c1-3-4-5-15(19-8-6-18-7-9-19)13-10-12(2)11-14(17)16(13)20;;/h3,10-11,15,18,20H,1,4-9H2,2H3;2*1H/t15-;;/m0../s1. The molecule has 0 aliphatic carbocycles. The van der Waals surface area contributed by atoms with Crippen LogP contribution in [0.4, 0.5) is 4.39 Å². The highest BCUT2D eigenvalue weighted by Crippen LogP contribution is 2.35. The smallest absolute Gasteiger partial charge is 0.165 e. The second-order valence-corrected chi connectivity index (χ2v) is 5.35. The van der Waals surface area contributed by atoms with Gasteiger partial charge < -0.3 is 10.4 Å². The van der Waals surface area contributed by atoms with Crippen molar-refractivity contribution in [3.8, 4) is 5.75 Å². The van der Waals surface area contributed by atoms with E-state index in [1.807, 2.05) is 19.1 Å². The summed E-state index contributed by atoms with van der Waals surface area (Å²) in [4.78, 5) is 2.31. The topological polar surface area (TPSA) is 35.5 Å². The van der Waals surface area contributed by atoms with Crippen molar-refractivity contribution in [2.75, 3.05) is 26.2 Å². The number of phenols is 1. The first-order valence-corrected chi connectivity index (χ1v) is 7.18. The SMILES string of the molecule is C=CCC[C@@H](c1cc(C)cc(F)c1O)N1CCNCC1.Cl.Cl. The van der Waals surface area contributed by atoms with Crippen LogP contribution in [-0.2, 0) is 0 Å². The molecule has 22 heavy (non-hydrogen) atoms. The minimum absolute atomic E-state index is 0. The van der Waals surface area contributed by atoms with Crippen molar-refractivity contribution in [3.63, 3.8) is 0 Å². The number of nitrogens with one attached hydrogen (secondary N) is 1. The van der Waals surface area contributed by atoms with Crippen molar-refractivity contribution in [2.24, 2.45) is 0 Å². The van der Waals surface area contributed by atoms with Crippen LogP contribution in [0.25, 0.3) is 0 Å². The molecular weight excluding hydrogens is 326 g/mol. The van der Waals surface area contributed by atoms with E-state index in [-0.39, 0.29) is 36.6 Å². The van der Waals surface area contributed by atoms with Crippen LogP contribution in [0.15, 0.2) is 24.8 Å². The number of aromatic hydroxyl groups is 1. The fourth-order valence-corrected chi connectivity index (χ4v) is 2.82. The van der Waals surface area contributed by atoms with Crippen molar-refractivity contribution in [1.29, 1.82) is 0 Å². The Morgan fingerprint density at radius 1 is 1.36 bits per heavy atom. The van der Waals surface area contributed by atoms with E-state index in [4.69, 9.17) is 0 Å². The minimum atomic E-state index is -0.529. The normalized spacial score (nSPS) is 16.3. The van der Waals surface area contributed by atoms with Gasteiger partial charge in [0.2, 0.25) is 0 Å². The first-order valence-electron chi connectivity index (χ1n) is 7.18. The number of nitrogens with zero attached hydrogens (tertiary/aromatic N) is 1. The molecule has 1 saturated heterocycles. The average molecular weight is 351 g/mol. The Morgan fingerprint density at radius 2 is 2.00 bits per heavy atom. The van der Waals surface area contributed by atoms with E-state index in [0.29, 0.717) is 5.56 Å². The van der Waals surface area contributed by atoms with Gasteiger partial charge in [0.15, 0.2) is 11.6 Å². The van der Waals surface area contributed by atoms with E-state index in [9.17, 15) is 9.50 Å². The molecule has 1 aromatic carbocycles. The van der Waals surface area contributed by atoms with Gasteiger partial charge in [0.25, 0.3) is 0 Å². The van der Waals surface area contributed by atoms with E-state index in [0.717, 1.165) is 44.6 Å². The molecule has 1 aliphatic heterocycles. The molecule has 3 nitrogen and oxygen atoms in total.